The fraction of sp³-hybridized carbons (Fsp3) is 0.702. The largest absolute Gasteiger partial charge is 0.472 e. The van der Waals surface area contributed by atoms with Gasteiger partial charge in [0.1, 0.15) is 43.2 Å². The minimum Gasteiger partial charge on any atom is -0.462 e. The van der Waals surface area contributed by atoms with Gasteiger partial charge in [0.25, 0.3) is 0 Å². The van der Waals surface area contributed by atoms with Crippen LogP contribution in [0, 0.1) is 0 Å². The number of aliphatic hydroxyl groups excluding tert-OH is 5. The topological polar surface area (TPSA) is 210 Å². The second-order valence-electron chi connectivity index (χ2n) is 15.5. The first-order valence-electron chi connectivity index (χ1n) is 22.7. The molecule has 6 N–H and O–H groups in total. The summed E-state index contributed by atoms with van der Waals surface area (Å²) in [5, 5.41) is 50.1. The van der Waals surface area contributed by atoms with E-state index in [1.165, 1.54) is 51.4 Å². The highest BCUT2D eigenvalue weighted by Gasteiger charge is 2.51. The zero-order chi connectivity index (χ0) is 45.0. The Hall–Kier alpha value is -2.71. The summed E-state index contributed by atoms with van der Waals surface area (Å²) in [6.07, 6.45) is 32.5. The average Bonchev–Trinajstić information content (AvgIpc) is 3.24. The summed E-state index contributed by atoms with van der Waals surface area (Å²) in [6, 6.07) is 0. The number of unbranched alkanes of at least 4 members (excludes halogenated alkanes) is 12. The molecule has 0 aromatic heterocycles. The summed E-state index contributed by atoms with van der Waals surface area (Å²) in [5.41, 5.74) is 0. The second kappa shape index (κ2) is 36.7. The Kier molecular flexibility index (Phi) is 33.9. The van der Waals surface area contributed by atoms with Gasteiger partial charge in [0.15, 0.2) is 6.10 Å². The van der Waals surface area contributed by atoms with Crippen LogP contribution in [0.3, 0.4) is 0 Å². The van der Waals surface area contributed by atoms with Crippen LogP contribution in [0.2, 0.25) is 0 Å². The van der Waals surface area contributed by atoms with Crippen LogP contribution in [0.4, 0.5) is 0 Å². The average molecular weight is 883 g/mol. The Morgan fingerprint density at radius 2 is 0.951 bits per heavy atom. The van der Waals surface area contributed by atoms with E-state index in [4.69, 9.17) is 18.5 Å². The van der Waals surface area contributed by atoms with Crippen molar-refractivity contribution in [1.29, 1.82) is 0 Å². The lowest BCUT2D eigenvalue weighted by molar-refractivity contribution is -0.220. The Labute approximate surface area is 365 Å². The number of hydrogen-bond donors (Lipinski definition) is 6. The maximum Gasteiger partial charge on any atom is 0.472 e. The van der Waals surface area contributed by atoms with Gasteiger partial charge in [-0.3, -0.25) is 18.6 Å². The smallest absolute Gasteiger partial charge is 0.462 e. The van der Waals surface area contributed by atoms with Crippen molar-refractivity contribution in [1.82, 2.24) is 0 Å². The number of phosphoric ester groups is 1. The second-order valence-corrected chi connectivity index (χ2v) is 16.9. The van der Waals surface area contributed by atoms with Crippen molar-refractivity contribution in [3.8, 4) is 0 Å². The predicted octanol–water partition coefficient (Wildman–Crippen LogP) is 8.72. The summed E-state index contributed by atoms with van der Waals surface area (Å²) in [5.74, 6) is -1.19. The molecular weight excluding hydrogens is 803 g/mol. The van der Waals surface area contributed by atoms with Crippen molar-refractivity contribution >= 4 is 19.8 Å². The first kappa shape index (κ1) is 56.3. The Morgan fingerprint density at radius 3 is 1.49 bits per heavy atom. The van der Waals surface area contributed by atoms with Crippen LogP contribution in [0.5, 0.6) is 0 Å². The molecule has 0 aromatic rings. The van der Waals surface area contributed by atoms with E-state index >= 15 is 0 Å². The molecule has 0 radical (unpaired) electrons. The minimum absolute atomic E-state index is 0.0610. The molecule has 8 atom stereocenters. The number of rotatable bonds is 36. The number of allylic oxidation sites excluding steroid dienone is 12. The molecule has 1 rings (SSSR count). The third-order valence-electron chi connectivity index (χ3n) is 10.0. The molecule has 1 aliphatic carbocycles. The molecule has 1 aliphatic rings. The summed E-state index contributed by atoms with van der Waals surface area (Å²) >= 11 is 0. The number of carbonyl (C=O) groups is 2. The van der Waals surface area contributed by atoms with Crippen LogP contribution >= 0.6 is 7.82 Å². The van der Waals surface area contributed by atoms with Crippen molar-refractivity contribution in [3.05, 3.63) is 72.9 Å². The summed E-state index contributed by atoms with van der Waals surface area (Å²) < 4.78 is 33.4. The Balaban J connectivity index is 2.53. The van der Waals surface area contributed by atoms with Gasteiger partial charge < -0.3 is 39.9 Å². The van der Waals surface area contributed by atoms with Crippen LogP contribution in [0.25, 0.3) is 0 Å². The lowest BCUT2D eigenvalue weighted by atomic mass is 9.85. The van der Waals surface area contributed by atoms with Gasteiger partial charge in [-0.15, -0.1) is 0 Å². The Morgan fingerprint density at radius 1 is 0.525 bits per heavy atom. The van der Waals surface area contributed by atoms with E-state index in [1.54, 1.807) is 0 Å². The number of aliphatic hydroxyl groups is 5. The first-order chi connectivity index (χ1) is 29.4. The van der Waals surface area contributed by atoms with Gasteiger partial charge in [-0.05, 0) is 77.0 Å². The first-order valence-corrected chi connectivity index (χ1v) is 24.2. The molecule has 0 aliphatic heterocycles. The van der Waals surface area contributed by atoms with Crippen LogP contribution in [0.15, 0.2) is 72.9 Å². The molecule has 1 fully saturated rings. The van der Waals surface area contributed by atoms with E-state index in [0.717, 1.165) is 57.8 Å². The highest BCUT2D eigenvalue weighted by Crippen LogP contribution is 2.47. The number of ether oxygens (including phenoxy) is 2. The van der Waals surface area contributed by atoms with Gasteiger partial charge in [-0.2, -0.15) is 0 Å². The third-order valence-corrected chi connectivity index (χ3v) is 11.0. The van der Waals surface area contributed by atoms with E-state index < -0.39 is 75.7 Å². The number of carbonyl (C=O) groups excluding carboxylic acids is 2. The molecule has 0 aromatic carbocycles. The zero-order valence-corrected chi connectivity index (χ0v) is 37.8. The molecular formula is C47H79O13P. The SMILES string of the molecule is CC/C=C/C/C=C/C/C=C/C/C=C/C/C=C/CCCC(=O)OC[C@@H](COP(=O)(O)OC1C(O)C(O)C(O)[C@H](O)C1O)OC(=O)CCCCC/C=C/CCCCCCCCCC. The van der Waals surface area contributed by atoms with Gasteiger partial charge in [-0.25, -0.2) is 4.57 Å². The van der Waals surface area contributed by atoms with Crippen LogP contribution in [-0.2, 0) is 32.7 Å². The molecule has 6 unspecified atom stereocenters. The quantitative estimate of drug-likeness (QED) is 0.0151. The van der Waals surface area contributed by atoms with Gasteiger partial charge >= 0.3 is 19.8 Å². The van der Waals surface area contributed by atoms with Gasteiger partial charge in [0.05, 0.1) is 6.61 Å². The predicted molar refractivity (Wildman–Crippen MR) is 239 cm³/mol. The van der Waals surface area contributed by atoms with E-state index in [0.29, 0.717) is 19.3 Å². The minimum atomic E-state index is -5.14. The van der Waals surface area contributed by atoms with Crippen molar-refractivity contribution < 1.29 is 63.1 Å². The number of esters is 2. The molecule has 350 valence electrons. The van der Waals surface area contributed by atoms with Gasteiger partial charge in [0.2, 0.25) is 0 Å². The van der Waals surface area contributed by atoms with E-state index in [1.807, 2.05) is 12.2 Å². The van der Waals surface area contributed by atoms with Crippen molar-refractivity contribution in [3.63, 3.8) is 0 Å². The maximum atomic E-state index is 12.8. The van der Waals surface area contributed by atoms with E-state index in [-0.39, 0.29) is 12.8 Å². The molecule has 0 spiro atoms. The standard InChI is InChI=1S/C47H79O13P/c1-3-5-7-9-11-13-15-17-19-20-22-23-25-27-29-31-33-35-40(48)57-37-39(38-58-61(55,56)60-47-45(53)43(51)42(50)44(52)46(47)54)59-41(49)36-34-32-30-28-26-24-21-18-16-14-12-10-8-6-4-2/h5,7,11,13,17,19,22-24,26-27,29,39,42-47,50-54H,3-4,6,8-10,12,14-16,18,20-21,25,28,30-38H2,1-2H3,(H,55,56)/b7-5+,13-11+,19-17+,23-22+,26-24+,29-27+/t39-,42?,43-,44?,45?,46?,47?/m0/s1. The molecule has 0 heterocycles. The van der Waals surface area contributed by atoms with Crippen molar-refractivity contribution in [2.45, 2.75) is 198 Å². The van der Waals surface area contributed by atoms with Crippen molar-refractivity contribution in [2.24, 2.45) is 0 Å². The molecule has 1 saturated carbocycles. The van der Waals surface area contributed by atoms with E-state index in [2.05, 4.69) is 74.6 Å². The van der Waals surface area contributed by atoms with Gasteiger partial charge in [0, 0.05) is 12.8 Å². The highest BCUT2D eigenvalue weighted by atomic mass is 31.2. The Bertz CT molecular complexity index is 1340. The molecule has 13 nitrogen and oxygen atoms in total. The monoisotopic (exact) mass is 883 g/mol. The normalized spacial score (nSPS) is 22.7. The lowest BCUT2D eigenvalue weighted by Gasteiger charge is -2.41. The van der Waals surface area contributed by atoms with Gasteiger partial charge in [-0.1, -0.05) is 138 Å². The zero-order valence-electron chi connectivity index (χ0n) is 36.9. The third kappa shape index (κ3) is 29.3. The molecule has 14 heteroatoms. The fourth-order valence-electron chi connectivity index (χ4n) is 6.37. The number of hydrogen-bond acceptors (Lipinski definition) is 12. The fourth-order valence-corrected chi connectivity index (χ4v) is 7.35. The number of phosphoric acid groups is 1. The van der Waals surface area contributed by atoms with Crippen LogP contribution in [-0.4, -0.2) is 98.3 Å². The molecule has 0 bridgehead atoms. The summed E-state index contributed by atoms with van der Waals surface area (Å²) in [7, 11) is -5.14. The van der Waals surface area contributed by atoms with Crippen LogP contribution in [0.1, 0.15) is 155 Å². The highest BCUT2D eigenvalue weighted by molar-refractivity contribution is 7.47. The maximum absolute atomic E-state index is 12.8. The molecule has 61 heavy (non-hydrogen) atoms. The van der Waals surface area contributed by atoms with E-state index in [9.17, 15) is 44.6 Å². The lowest BCUT2D eigenvalue weighted by Crippen LogP contribution is -2.64. The van der Waals surface area contributed by atoms with Crippen molar-refractivity contribution in [2.75, 3.05) is 13.2 Å². The summed E-state index contributed by atoms with van der Waals surface area (Å²) in [6.45, 7) is 3.11. The van der Waals surface area contributed by atoms with Crippen LogP contribution < -0.4 is 0 Å². The molecule has 0 amide bonds. The summed E-state index contributed by atoms with van der Waals surface area (Å²) in [4.78, 5) is 35.6. The molecule has 0 saturated heterocycles.